The number of carbonyl (C=O) groups is 2. The van der Waals surface area contributed by atoms with Gasteiger partial charge in [-0.1, -0.05) is 39.7 Å². The monoisotopic (exact) mass is 294 g/mol. The second kappa shape index (κ2) is 7.43. The summed E-state index contributed by atoms with van der Waals surface area (Å²) in [5.41, 5.74) is 0.602. The van der Waals surface area contributed by atoms with Crippen LogP contribution in [0.4, 0.5) is 0 Å². The van der Waals surface area contributed by atoms with E-state index in [1.165, 1.54) is 7.11 Å². The lowest BCUT2D eigenvalue weighted by atomic mass is 9.75. The van der Waals surface area contributed by atoms with Crippen molar-refractivity contribution < 1.29 is 19.4 Å². The number of ketones is 1. The second-order valence-corrected chi connectivity index (χ2v) is 6.41. The van der Waals surface area contributed by atoms with E-state index in [1.807, 2.05) is 19.9 Å². The number of carbonyl (C=O) groups excluding carboxylic acids is 2. The molecule has 0 spiro atoms. The Kier molecular flexibility index (Phi) is 6.19. The first-order valence-electron chi connectivity index (χ1n) is 7.52. The Balaban J connectivity index is 2.95. The van der Waals surface area contributed by atoms with Crippen LogP contribution in [-0.4, -0.2) is 24.0 Å². The van der Waals surface area contributed by atoms with Crippen molar-refractivity contribution in [3.63, 3.8) is 0 Å². The molecular weight excluding hydrogens is 268 g/mol. The first-order valence-corrected chi connectivity index (χ1v) is 7.52. The van der Waals surface area contributed by atoms with E-state index in [1.54, 1.807) is 0 Å². The van der Waals surface area contributed by atoms with Gasteiger partial charge < -0.3 is 9.84 Å². The first kappa shape index (κ1) is 17.5. The highest BCUT2D eigenvalue weighted by Crippen LogP contribution is 2.37. The Morgan fingerprint density at radius 1 is 1.38 bits per heavy atom. The number of aliphatic hydroxyl groups is 1. The largest absolute Gasteiger partial charge is 0.512 e. The van der Waals surface area contributed by atoms with Crippen LogP contribution in [0, 0.1) is 5.41 Å². The van der Waals surface area contributed by atoms with Crippen LogP contribution in [-0.2, 0) is 14.3 Å². The molecule has 1 aliphatic rings. The number of hydrogen-bond donors (Lipinski definition) is 1. The van der Waals surface area contributed by atoms with Crippen LogP contribution in [0.3, 0.4) is 0 Å². The zero-order valence-electron chi connectivity index (χ0n) is 13.5. The Hall–Kier alpha value is -1.58. The van der Waals surface area contributed by atoms with Crippen molar-refractivity contribution >= 4 is 11.8 Å². The van der Waals surface area contributed by atoms with Gasteiger partial charge in [-0.15, -0.1) is 0 Å². The van der Waals surface area contributed by atoms with Gasteiger partial charge in [0, 0.05) is 30.4 Å². The van der Waals surface area contributed by atoms with Crippen molar-refractivity contribution in [3.05, 3.63) is 23.0 Å². The maximum atomic E-state index is 12.2. The highest BCUT2D eigenvalue weighted by Gasteiger charge is 2.33. The van der Waals surface area contributed by atoms with Gasteiger partial charge in [-0.25, -0.2) is 4.79 Å². The Morgan fingerprint density at radius 2 is 2.05 bits per heavy atom. The van der Waals surface area contributed by atoms with E-state index in [0.717, 1.165) is 19.3 Å². The van der Waals surface area contributed by atoms with Gasteiger partial charge in [0.15, 0.2) is 5.78 Å². The topological polar surface area (TPSA) is 63.6 Å². The molecule has 0 aromatic heterocycles. The van der Waals surface area contributed by atoms with Crippen molar-refractivity contribution in [1.82, 2.24) is 0 Å². The summed E-state index contributed by atoms with van der Waals surface area (Å²) in [6.07, 6.45) is 5.64. The van der Waals surface area contributed by atoms with E-state index in [4.69, 9.17) is 4.74 Å². The molecule has 4 heteroatoms. The molecule has 1 N–H and O–H groups in total. The minimum Gasteiger partial charge on any atom is -0.512 e. The van der Waals surface area contributed by atoms with Crippen LogP contribution in [0.5, 0.6) is 0 Å². The van der Waals surface area contributed by atoms with Crippen molar-refractivity contribution in [1.29, 1.82) is 0 Å². The average molecular weight is 294 g/mol. The van der Waals surface area contributed by atoms with Gasteiger partial charge >= 0.3 is 5.97 Å². The van der Waals surface area contributed by atoms with Crippen molar-refractivity contribution in [2.45, 2.75) is 59.3 Å². The van der Waals surface area contributed by atoms with Crippen LogP contribution in [0.15, 0.2) is 23.0 Å². The third kappa shape index (κ3) is 5.03. The molecule has 118 valence electrons. The Labute approximate surface area is 126 Å². The summed E-state index contributed by atoms with van der Waals surface area (Å²) in [6, 6.07) is 0. The predicted molar refractivity (Wildman–Crippen MR) is 81.9 cm³/mol. The van der Waals surface area contributed by atoms with Gasteiger partial charge in [-0.05, 0) is 11.8 Å². The first-order chi connectivity index (χ1) is 9.80. The van der Waals surface area contributed by atoms with E-state index in [0.29, 0.717) is 24.0 Å². The Bertz CT molecular complexity index is 469. The summed E-state index contributed by atoms with van der Waals surface area (Å²) >= 11 is 0. The summed E-state index contributed by atoms with van der Waals surface area (Å²) in [5.74, 6) is -0.389. The van der Waals surface area contributed by atoms with Gasteiger partial charge in [-0.3, -0.25) is 4.79 Å². The average Bonchev–Trinajstić information content (AvgIpc) is 2.38. The zero-order valence-corrected chi connectivity index (χ0v) is 13.5. The summed E-state index contributed by atoms with van der Waals surface area (Å²) < 4.78 is 4.77. The lowest BCUT2D eigenvalue weighted by Crippen LogP contribution is -2.26. The van der Waals surface area contributed by atoms with Crippen molar-refractivity contribution in [3.8, 4) is 0 Å². The summed E-state index contributed by atoms with van der Waals surface area (Å²) in [6.45, 7) is 5.99. The zero-order chi connectivity index (χ0) is 16.0. The third-order valence-corrected chi connectivity index (χ3v) is 3.73. The molecule has 1 rings (SSSR count). The molecule has 0 amide bonds. The molecule has 0 aliphatic heterocycles. The molecule has 1 aliphatic carbocycles. The third-order valence-electron chi connectivity index (χ3n) is 3.73. The van der Waals surface area contributed by atoms with Crippen molar-refractivity contribution in [2.24, 2.45) is 5.41 Å². The molecular formula is C17H26O4. The molecule has 0 aromatic carbocycles. The van der Waals surface area contributed by atoms with Gasteiger partial charge in [0.1, 0.15) is 0 Å². The normalized spacial score (nSPS) is 18.9. The standard InChI is InChI=1S/C17H26O4/c1-5-6-7-8-12(16(20)21-4)9-13-14(18)10-17(2,3)11-15(13)19/h8,18H,5-7,9-11H2,1-4H3/b12-8+. The van der Waals surface area contributed by atoms with E-state index in [2.05, 4.69) is 6.92 Å². The molecule has 4 nitrogen and oxygen atoms in total. The number of aliphatic hydroxyl groups excluding tert-OH is 1. The van der Waals surface area contributed by atoms with Crippen LogP contribution in [0.1, 0.15) is 59.3 Å². The number of esters is 1. The molecule has 0 atom stereocenters. The Morgan fingerprint density at radius 3 is 2.57 bits per heavy atom. The predicted octanol–water partition coefficient (Wildman–Crippen LogP) is 3.87. The fraction of sp³-hybridized carbons (Fsp3) is 0.647. The number of ether oxygens (including phenoxy) is 1. The molecule has 0 radical (unpaired) electrons. The number of hydrogen-bond acceptors (Lipinski definition) is 4. The van der Waals surface area contributed by atoms with Crippen LogP contribution in [0.25, 0.3) is 0 Å². The SMILES string of the molecule is CCCC/C=C(\CC1=C(O)CC(C)(C)CC1=O)C(=O)OC. The van der Waals surface area contributed by atoms with E-state index >= 15 is 0 Å². The minimum absolute atomic E-state index is 0.0750. The number of rotatable bonds is 6. The fourth-order valence-corrected chi connectivity index (χ4v) is 2.56. The van der Waals surface area contributed by atoms with E-state index < -0.39 is 5.97 Å². The summed E-state index contributed by atoms with van der Waals surface area (Å²) in [4.78, 5) is 24.0. The molecule has 0 aromatic rings. The van der Waals surface area contributed by atoms with Gasteiger partial charge in [0.05, 0.1) is 12.9 Å². The molecule has 0 unspecified atom stereocenters. The van der Waals surface area contributed by atoms with Crippen molar-refractivity contribution in [2.75, 3.05) is 7.11 Å². The van der Waals surface area contributed by atoms with Gasteiger partial charge in [0.25, 0.3) is 0 Å². The highest BCUT2D eigenvalue weighted by atomic mass is 16.5. The summed E-state index contributed by atoms with van der Waals surface area (Å²) in [7, 11) is 1.33. The number of unbranched alkanes of at least 4 members (excludes halogenated alkanes) is 2. The maximum Gasteiger partial charge on any atom is 0.333 e. The smallest absolute Gasteiger partial charge is 0.333 e. The molecule has 0 saturated heterocycles. The number of Topliss-reactive ketones (excluding diaryl/α,β-unsaturated/α-hetero) is 1. The van der Waals surface area contributed by atoms with Gasteiger partial charge in [0.2, 0.25) is 0 Å². The van der Waals surface area contributed by atoms with Gasteiger partial charge in [-0.2, -0.15) is 0 Å². The minimum atomic E-state index is -0.427. The molecule has 0 bridgehead atoms. The molecule has 0 fully saturated rings. The quantitative estimate of drug-likeness (QED) is 0.459. The summed E-state index contributed by atoms with van der Waals surface area (Å²) in [5, 5.41) is 10.1. The number of allylic oxidation sites excluding steroid dienone is 3. The second-order valence-electron chi connectivity index (χ2n) is 6.41. The lowest BCUT2D eigenvalue weighted by molar-refractivity contribution is -0.136. The lowest BCUT2D eigenvalue weighted by Gasteiger charge is -2.29. The molecule has 0 saturated carbocycles. The number of methoxy groups -OCH3 is 1. The van der Waals surface area contributed by atoms with E-state index in [-0.39, 0.29) is 23.4 Å². The molecule has 0 heterocycles. The molecule has 21 heavy (non-hydrogen) atoms. The van der Waals surface area contributed by atoms with Crippen LogP contribution < -0.4 is 0 Å². The van der Waals surface area contributed by atoms with Crippen LogP contribution in [0.2, 0.25) is 0 Å². The van der Waals surface area contributed by atoms with E-state index in [9.17, 15) is 14.7 Å². The highest BCUT2D eigenvalue weighted by molar-refractivity contribution is 6.00. The fourth-order valence-electron chi connectivity index (χ4n) is 2.56. The van der Waals surface area contributed by atoms with Crippen LogP contribution >= 0.6 is 0 Å². The maximum absolute atomic E-state index is 12.2.